The largest absolute Gasteiger partial charge is 0.494 e. The summed E-state index contributed by atoms with van der Waals surface area (Å²) in [5, 5.41) is 1.63. The fraction of sp³-hybridized carbons (Fsp3) is 0.300. The van der Waals surface area contributed by atoms with E-state index in [1.807, 2.05) is 30.3 Å². The summed E-state index contributed by atoms with van der Waals surface area (Å²) in [4.78, 5) is 46.7. The van der Waals surface area contributed by atoms with E-state index in [1.165, 1.54) is 12.0 Å². The highest BCUT2D eigenvalue weighted by atomic mass is 16.7. The molecule has 3 atom stereocenters. The highest BCUT2D eigenvalue weighted by Gasteiger charge is 2.60. The van der Waals surface area contributed by atoms with Gasteiger partial charge < -0.3 is 9.47 Å². The highest BCUT2D eigenvalue weighted by molar-refractivity contribution is 6.24. The number of anilines is 2. The summed E-state index contributed by atoms with van der Waals surface area (Å²) in [6, 6.07) is 22.6. The lowest BCUT2D eigenvalue weighted by molar-refractivity contribution is -0.126. The number of hydrogen-bond acceptors (Lipinski definition) is 7. The molecule has 0 aromatic heterocycles. The zero-order valence-corrected chi connectivity index (χ0v) is 21.4. The van der Waals surface area contributed by atoms with E-state index in [2.05, 4.69) is 6.92 Å². The highest BCUT2D eigenvalue weighted by Crippen LogP contribution is 2.47. The first-order valence-electron chi connectivity index (χ1n) is 12.8. The molecule has 196 valence electrons. The number of rotatable bonds is 9. The Kier molecular flexibility index (Phi) is 7.42. The molecule has 0 spiro atoms. The maximum absolute atomic E-state index is 13.8. The molecule has 0 N–H and O–H groups in total. The number of unbranched alkanes of at least 4 members (excludes halogenated alkanes) is 2. The number of imide groups is 1. The monoisotopic (exact) mass is 514 g/mol. The average Bonchev–Trinajstić information content (AvgIpc) is 3.47. The van der Waals surface area contributed by atoms with Gasteiger partial charge in [-0.15, -0.1) is 0 Å². The quantitative estimate of drug-likeness (QED) is 0.223. The van der Waals surface area contributed by atoms with Crippen molar-refractivity contribution in [3.8, 4) is 5.75 Å². The number of ether oxygens (including phenoxy) is 2. The maximum atomic E-state index is 13.8. The molecule has 38 heavy (non-hydrogen) atoms. The SMILES string of the molecule is CCCCCOc1ccc(N2C(=O)[C@@H]3[C@H](ON(c4ccccc4)[C@H]3c3ccc(C(=O)OC)cc3)C2=O)cc1. The van der Waals surface area contributed by atoms with E-state index in [4.69, 9.17) is 14.3 Å². The van der Waals surface area contributed by atoms with E-state index in [0.717, 1.165) is 30.5 Å². The van der Waals surface area contributed by atoms with Crippen LogP contribution in [0.25, 0.3) is 0 Å². The van der Waals surface area contributed by atoms with Crippen molar-refractivity contribution in [2.24, 2.45) is 5.92 Å². The van der Waals surface area contributed by atoms with E-state index < -0.39 is 29.9 Å². The normalized spacial score (nSPS) is 20.5. The van der Waals surface area contributed by atoms with Crippen LogP contribution >= 0.6 is 0 Å². The summed E-state index contributed by atoms with van der Waals surface area (Å²) in [5.41, 5.74) is 2.34. The van der Waals surface area contributed by atoms with E-state index in [-0.39, 0.29) is 5.91 Å². The number of amides is 2. The maximum Gasteiger partial charge on any atom is 0.337 e. The summed E-state index contributed by atoms with van der Waals surface area (Å²) >= 11 is 0. The molecular formula is C30H30N2O6. The fourth-order valence-electron chi connectivity index (χ4n) is 4.97. The van der Waals surface area contributed by atoms with Gasteiger partial charge in [0.05, 0.1) is 36.7 Å². The van der Waals surface area contributed by atoms with Gasteiger partial charge in [0, 0.05) is 0 Å². The smallest absolute Gasteiger partial charge is 0.337 e. The van der Waals surface area contributed by atoms with Crippen LogP contribution in [0.5, 0.6) is 5.75 Å². The van der Waals surface area contributed by atoms with Crippen molar-refractivity contribution in [1.82, 2.24) is 0 Å². The molecule has 2 aliphatic rings. The van der Waals surface area contributed by atoms with E-state index in [0.29, 0.717) is 23.6 Å². The zero-order valence-electron chi connectivity index (χ0n) is 21.4. The van der Waals surface area contributed by atoms with Gasteiger partial charge in [0.15, 0.2) is 6.10 Å². The van der Waals surface area contributed by atoms with E-state index in [1.54, 1.807) is 53.6 Å². The summed E-state index contributed by atoms with van der Waals surface area (Å²) in [7, 11) is 1.32. The number of fused-ring (bicyclic) bond motifs is 1. The minimum absolute atomic E-state index is 0.336. The van der Waals surface area contributed by atoms with Gasteiger partial charge in [-0.25, -0.2) is 14.8 Å². The van der Waals surface area contributed by atoms with Crippen molar-refractivity contribution >= 4 is 29.2 Å². The lowest BCUT2D eigenvalue weighted by Gasteiger charge is -2.28. The molecule has 3 aromatic rings. The number of carbonyl (C=O) groups excluding carboxylic acids is 3. The number of hydroxylamine groups is 1. The third kappa shape index (κ3) is 4.75. The minimum Gasteiger partial charge on any atom is -0.494 e. The van der Waals surface area contributed by atoms with E-state index in [9.17, 15) is 14.4 Å². The van der Waals surface area contributed by atoms with Gasteiger partial charge >= 0.3 is 5.97 Å². The molecular weight excluding hydrogens is 484 g/mol. The molecule has 0 bridgehead atoms. The number of methoxy groups -OCH3 is 1. The summed E-state index contributed by atoms with van der Waals surface area (Å²) in [5.74, 6) is -1.27. The Balaban J connectivity index is 1.43. The number of para-hydroxylation sites is 1. The average molecular weight is 515 g/mol. The number of hydrogen-bond donors (Lipinski definition) is 0. The molecule has 8 heteroatoms. The molecule has 2 heterocycles. The van der Waals surface area contributed by atoms with Gasteiger partial charge in [-0.05, 0) is 60.5 Å². The van der Waals surface area contributed by atoms with Crippen LogP contribution in [0.1, 0.15) is 48.1 Å². The van der Waals surface area contributed by atoms with Gasteiger partial charge in [0.2, 0.25) is 5.91 Å². The first kappa shape index (κ1) is 25.5. The second-order valence-electron chi connectivity index (χ2n) is 9.33. The summed E-state index contributed by atoms with van der Waals surface area (Å²) < 4.78 is 10.6. The number of esters is 1. The molecule has 2 aliphatic heterocycles. The van der Waals surface area contributed by atoms with E-state index >= 15 is 0 Å². The van der Waals surface area contributed by atoms with Crippen LogP contribution in [0.3, 0.4) is 0 Å². The molecule has 0 saturated carbocycles. The van der Waals surface area contributed by atoms with Crippen molar-refractivity contribution in [3.63, 3.8) is 0 Å². The second-order valence-corrected chi connectivity index (χ2v) is 9.33. The third-order valence-electron chi connectivity index (χ3n) is 6.91. The van der Waals surface area contributed by atoms with Crippen molar-refractivity contribution in [2.75, 3.05) is 23.7 Å². The van der Waals surface area contributed by atoms with Crippen molar-refractivity contribution < 1.29 is 28.7 Å². The lowest BCUT2D eigenvalue weighted by atomic mass is 9.90. The second kappa shape index (κ2) is 11.1. The third-order valence-corrected chi connectivity index (χ3v) is 6.91. The van der Waals surface area contributed by atoms with Gasteiger partial charge in [-0.3, -0.25) is 14.4 Å². The molecule has 5 rings (SSSR count). The minimum atomic E-state index is -0.974. The predicted molar refractivity (Wildman–Crippen MR) is 142 cm³/mol. The van der Waals surface area contributed by atoms with Crippen LogP contribution in [0.15, 0.2) is 78.9 Å². The molecule has 8 nitrogen and oxygen atoms in total. The lowest BCUT2D eigenvalue weighted by Crippen LogP contribution is -2.37. The van der Waals surface area contributed by atoms with Gasteiger partial charge in [0.1, 0.15) is 11.7 Å². The molecule has 2 amide bonds. The first-order valence-corrected chi connectivity index (χ1v) is 12.8. The van der Waals surface area contributed by atoms with Crippen LogP contribution in [0.2, 0.25) is 0 Å². The Bertz CT molecular complexity index is 1290. The Hall–Kier alpha value is -4.17. The van der Waals surface area contributed by atoms with Crippen molar-refractivity contribution in [2.45, 2.75) is 38.3 Å². The Morgan fingerprint density at radius 2 is 1.58 bits per heavy atom. The molecule has 3 aromatic carbocycles. The van der Waals surface area contributed by atoms with Crippen LogP contribution in [-0.2, 0) is 19.2 Å². The number of benzene rings is 3. The topological polar surface area (TPSA) is 85.4 Å². The Morgan fingerprint density at radius 1 is 0.868 bits per heavy atom. The van der Waals surface area contributed by atoms with Gasteiger partial charge in [-0.2, -0.15) is 0 Å². The van der Waals surface area contributed by atoms with Crippen LogP contribution < -0.4 is 14.7 Å². The van der Waals surface area contributed by atoms with Gasteiger partial charge in [-0.1, -0.05) is 50.1 Å². The van der Waals surface area contributed by atoms with Crippen LogP contribution in [0.4, 0.5) is 11.4 Å². The van der Waals surface area contributed by atoms with Crippen LogP contribution in [0, 0.1) is 5.92 Å². The molecule has 2 fully saturated rings. The molecule has 2 saturated heterocycles. The fourth-order valence-corrected chi connectivity index (χ4v) is 4.97. The van der Waals surface area contributed by atoms with Crippen molar-refractivity contribution in [1.29, 1.82) is 0 Å². The van der Waals surface area contributed by atoms with Crippen molar-refractivity contribution in [3.05, 3.63) is 90.0 Å². The number of carbonyl (C=O) groups is 3. The van der Waals surface area contributed by atoms with Crippen LogP contribution in [-0.4, -0.2) is 37.6 Å². The zero-order chi connectivity index (χ0) is 26.6. The molecule has 0 unspecified atom stereocenters. The van der Waals surface area contributed by atoms with Gasteiger partial charge in [0.25, 0.3) is 5.91 Å². The Labute approximate surface area is 221 Å². The summed E-state index contributed by atoms with van der Waals surface area (Å²) in [6.45, 7) is 2.76. The standard InChI is InChI=1S/C30H30N2O6/c1-3-4-8-19-37-24-17-15-22(16-18-24)31-28(33)25-26(20-11-13-21(14-12-20)30(35)36-2)32(38-27(25)29(31)34)23-9-6-5-7-10-23/h5-7,9-18,25-27H,3-4,8,19H2,1-2H3/t25-,26-,27-/m0/s1. The Morgan fingerprint density at radius 3 is 2.24 bits per heavy atom. The first-order chi connectivity index (χ1) is 18.5. The molecule has 0 radical (unpaired) electrons. The predicted octanol–water partition coefficient (Wildman–Crippen LogP) is 5.09. The molecule has 0 aliphatic carbocycles. The number of nitrogens with zero attached hydrogens (tertiary/aromatic N) is 2. The summed E-state index contributed by atoms with van der Waals surface area (Å²) in [6.07, 6.45) is 2.22.